The average Bonchev–Trinajstić information content (AvgIpc) is 2.57. The molecule has 0 aromatic rings. The molecular weight excluding hydrogens is 333 g/mol. The fourth-order valence-electron chi connectivity index (χ4n) is 2.13. The molecule has 0 amide bonds. The van der Waals surface area contributed by atoms with Crippen LogP contribution in [0.2, 0.25) is 0 Å². The van der Waals surface area contributed by atoms with E-state index in [1.54, 1.807) is 7.11 Å². The largest absolute Gasteiger partial charge is 1.00 e. The fraction of sp³-hybridized carbons (Fsp3) is 1.00. The highest BCUT2D eigenvalue weighted by Crippen LogP contribution is 2.22. The number of hydrogen-bond donors (Lipinski definition) is 0. The van der Waals surface area contributed by atoms with E-state index in [1.165, 1.54) is 19.4 Å². The second kappa shape index (κ2) is 9.49. The normalized spacial score (nSPS) is 22.4. The summed E-state index contributed by atoms with van der Waals surface area (Å²) in [5.41, 5.74) is 0. The quantitative estimate of drug-likeness (QED) is 0.283. The number of likely N-dealkylation sites (N-methyl/N-ethyl adjacent to an activating group) is 1. The third kappa shape index (κ3) is 6.91. The minimum absolute atomic E-state index is 0. The zero-order valence-electron chi connectivity index (χ0n) is 11.3. The Morgan fingerprint density at radius 3 is 2.29 bits per heavy atom. The lowest BCUT2D eigenvalue weighted by molar-refractivity contribution is -0.902. The first kappa shape index (κ1) is 17.6. The summed E-state index contributed by atoms with van der Waals surface area (Å²) in [6.45, 7) is 4.82. The van der Waals surface area contributed by atoms with Crippen molar-refractivity contribution in [2.45, 2.75) is 18.9 Å². The molecule has 1 atom stereocenters. The van der Waals surface area contributed by atoms with Crippen LogP contribution in [0.5, 0.6) is 0 Å². The number of rotatable bonds is 8. The Labute approximate surface area is 122 Å². The summed E-state index contributed by atoms with van der Waals surface area (Å²) in [6.07, 6.45) is 2.61. The van der Waals surface area contributed by atoms with Gasteiger partial charge in [-0.25, -0.2) is 0 Å². The smallest absolute Gasteiger partial charge is 0.112 e. The Hall–Kier alpha value is 0.570. The molecule has 1 saturated heterocycles. The number of nitrogens with zero attached hydrogens (tertiary/aromatic N) is 1. The van der Waals surface area contributed by atoms with Gasteiger partial charge in [-0.2, -0.15) is 0 Å². The first-order valence-electron chi connectivity index (χ1n) is 6.14. The number of quaternary nitrogens is 1. The van der Waals surface area contributed by atoms with Gasteiger partial charge in [0.2, 0.25) is 0 Å². The van der Waals surface area contributed by atoms with Crippen LogP contribution in [0.1, 0.15) is 12.8 Å². The fourth-order valence-corrected chi connectivity index (χ4v) is 2.13. The van der Waals surface area contributed by atoms with E-state index >= 15 is 0 Å². The van der Waals surface area contributed by atoms with Crippen molar-refractivity contribution in [3.63, 3.8) is 0 Å². The van der Waals surface area contributed by atoms with E-state index in [0.29, 0.717) is 32.5 Å². The zero-order chi connectivity index (χ0) is 11.9. The SMILES string of the molecule is COCCOCCOCC1CCC[N+]1(C)C.[I-]. The van der Waals surface area contributed by atoms with Crippen LogP contribution >= 0.6 is 0 Å². The van der Waals surface area contributed by atoms with Crippen molar-refractivity contribution in [2.24, 2.45) is 0 Å². The molecule has 104 valence electrons. The number of likely N-dealkylation sites (tertiary alicyclic amines) is 1. The summed E-state index contributed by atoms with van der Waals surface area (Å²) >= 11 is 0. The van der Waals surface area contributed by atoms with Crippen LogP contribution in [-0.4, -0.2) is 71.3 Å². The van der Waals surface area contributed by atoms with E-state index in [0.717, 1.165) is 11.1 Å². The Morgan fingerprint density at radius 2 is 1.71 bits per heavy atom. The molecule has 0 aromatic carbocycles. The first-order chi connectivity index (χ1) is 7.67. The molecule has 0 saturated carbocycles. The lowest BCUT2D eigenvalue weighted by atomic mass is 10.2. The molecule has 1 aliphatic rings. The molecule has 0 bridgehead atoms. The van der Waals surface area contributed by atoms with Gasteiger partial charge in [0.05, 0.1) is 53.7 Å². The van der Waals surface area contributed by atoms with Gasteiger partial charge < -0.3 is 42.7 Å². The molecule has 1 unspecified atom stereocenters. The van der Waals surface area contributed by atoms with E-state index in [-0.39, 0.29) is 24.0 Å². The highest BCUT2D eigenvalue weighted by molar-refractivity contribution is 4.64. The van der Waals surface area contributed by atoms with Gasteiger partial charge in [-0.15, -0.1) is 0 Å². The van der Waals surface area contributed by atoms with Crippen molar-refractivity contribution < 1.29 is 42.7 Å². The van der Waals surface area contributed by atoms with Crippen LogP contribution in [0.15, 0.2) is 0 Å². The van der Waals surface area contributed by atoms with Crippen molar-refractivity contribution in [1.82, 2.24) is 0 Å². The van der Waals surface area contributed by atoms with Gasteiger partial charge in [0, 0.05) is 20.0 Å². The van der Waals surface area contributed by atoms with E-state index in [9.17, 15) is 0 Å². The van der Waals surface area contributed by atoms with Crippen molar-refractivity contribution in [3.8, 4) is 0 Å². The Balaban J connectivity index is 0.00000256. The maximum Gasteiger partial charge on any atom is 0.112 e. The van der Waals surface area contributed by atoms with Crippen LogP contribution in [0.3, 0.4) is 0 Å². The van der Waals surface area contributed by atoms with Crippen LogP contribution < -0.4 is 24.0 Å². The number of methoxy groups -OCH3 is 1. The maximum absolute atomic E-state index is 5.65. The van der Waals surface area contributed by atoms with E-state index in [1.807, 2.05) is 0 Å². The van der Waals surface area contributed by atoms with Gasteiger partial charge in [-0.3, -0.25) is 0 Å². The molecule has 1 rings (SSSR count). The van der Waals surface area contributed by atoms with Crippen LogP contribution in [0.4, 0.5) is 0 Å². The average molecular weight is 359 g/mol. The molecule has 1 heterocycles. The predicted molar refractivity (Wildman–Crippen MR) is 63.5 cm³/mol. The summed E-state index contributed by atoms with van der Waals surface area (Å²) in [6, 6.07) is 0.666. The molecule has 0 aromatic heterocycles. The first-order valence-corrected chi connectivity index (χ1v) is 6.14. The maximum atomic E-state index is 5.65. The molecule has 17 heavy (non-hydrogen) atoms. The third-order valence-corrected chi connectivity index (χ3v) is 3.37. The molecular formula is C12H26INO3. The number of ether oxygens (including phenoxy) is 3. The second-order valence-electron chi connectivity index (χ2n) is 4.98. The molecule has 4 nitrogen and oxygen atoms in total. The van der Waals surface area contributed by atoms with Crippen LogP contribution in [-0.2, 0) is 14.2 Å². The predicted octanol–water partition coefficient (Wildman–Crippen LogP) is -2.09. The number of hydrogen-bond acceptors (Lipinski definition) is 3. The van der Waals surface area contributed by atoms with Crippen molar-refractivity contribution in [1.29, 1.82) is 0 Å². The monoisotopic (exact) mass is 359 g/mol. The van der Waals surface area contributed by atoms with Crippen LogP contribution in [0.25, 0.3) is 0 Å². The molecule has 0 radical (unpaired) electrons. The lowest BCUT2D eigenvalue weighted by Crippen LogP contribution is -3.00. The van der Waals surface area contributed by atoms with Gasteiger partial charge in [0.25, 0.3) is 0 Å². The van der Waals surface area contributed by atoms with Crippen molar-refractivity contribution in [3.05, 3.63) is 0 Å². The standard InChI is InChI=1S/C12H26NO3.HI/c1-13(2)6-4-5-12(13)11-16-10-9-15-8-7-14-3;/h12H,4-11H2,1-3H3;1H/q+1;/p-1. The summed E-state index contributed by atoms with van der Waals surface area (Å²) < 4.78 is 17.0. The summed E-state index contributed by atoms with van der Waals surface area (Å²) in [5.74, 6) is 0. The topological polar surface area (TPSA) is 27.7 Å². The van der Waals surface area contributed by atoms with E-state index in [4.69, 9.17) is 14.2 Å². The third-order valence-electron chi connectivity index (χ3n) is 3.37. The van der Waals surface area contributed by atoms with E-state index < -0.39 is 0 Å². The highest BCUT2D eigenvalue weighted by Gasteiger charge is 2.33. The minimum atomic E-state index is 0. The Kier molecular flexibility index (Phi) is 9.81. The van der Waals surface area contributed by atoms with Crippen molar-refractivity contribution >= 4 is 0 Å². The summed E-state index contributed by atoms with van der Waals surface area (Å²) in [5, 5.41) is 0. The summed E-state index contributed by atoms with van der Waals surface area (Å²) in [7, 11) is 6.26. The van der Waals surface area contributed by atoms with Crippen molar-refractivity contribution in [2.75, 3.05) is 60.8 Å². The molecule has 0 N–H and O–H groups in total. The van der Waals surface area contributed by atoms with Gasteiger partial charge in [0.15, 0.2) is 0 Å². The van der Waals surface area contributed by atoms with Gasteiger partial charge >= 0.3 is 0 Å². The lowest BCUT2D eigenvalue weighted by Gasteiger charge is -2.31. The van der Waals surface area contributed by atoms with Gasteiger partial charge in [-0.1, -0.05) is 0 Å². The molecule has 1 aliphatic heterocycles. The summed E-state index contributed by atoms with van der Waals surface area (Å²) in [4.78, 5) is 0. The second-order valence-corrected chi connectivity index (χ2v) is 4.98. The zero-order valence-corrected chi connectivity index (χ0v) is 13.4. The van der Waals surface area contributed by atoms with Gasteiger partial charge in [-0.05, 0) is 0 Å². The molecule has 5 heteroatoms. The van der Waals surface area contributed by atoms with E-state index in [2.05, 4.69) is 14.1 Å². The molecule has 1 fully saturated rings. The Morgan fingerprint density at radius 1 is 1.06 bits per heavy atom. The van der Waals surface area contributed by atoms with Crippen LogP contribution in [0, 0.1) is 0 Å². The molecule has 0 spiro atoms. The molecule has 0 aliphatic carbocycles. The highest BCUT2D eigenvalue weighted by atomic mass is 127. The Bertz CT molecular complexity index is 191. The van der Waals surface area contributed by atoms with Gasteiger partial charge in [0.1, 0.15) is 6.04 Å². The number of halogens is 1. The minimum Gasteiger partial charge on any atom is -1.00 e.